The molecule has 7 nitrogen and oxygen atoms in total. The van der Waals surface area contributed by atoms with Gasteiger partial charge in [-0.3, -0.25) is 4.79 Å². The first-order valence-electron chi connectivity index (χ1n) is 9.36. The highest BCUT2D eigenvalue weighted by molar-refractivity contribution is 8.00. The maximum absolute atomic E-state index is 12.5. The minimum atomic E-state index is -2.90. The van der Waals surface area contributed by atoms with Crippen LogP contribution in [0.5, 0.6) is 0 Å². The van der Waals surface area contributed by atoms with Gasteiger partial charge in [0.1, 0.15) is 5.82 Å². The zero-order valence-electron chi connectivity index (χ0n) is 16.3. The van der Waals surface area contributed by atoms with Crippen molar-refractivity contribution in [2.75, 3.05) is 11.5 Å². The van der Waals surface area contributed by atoms with Gasteiger partial charge < -0.3 is 9.88 Å². The minimum absolute atomic E-state index is 0.0622. The van der Waals surface area contributed by atoms with E-state index in [0.29, 0.717) is 18.0 Å². The van der Waals surface area contributed by atoms with Gasteiger partial charge in [-0.15, -0.1) is 10.2 Å². The van der Waals surface area contributed by atoms with Gasteiger partial charge in [0.15, 0.2) is 15.0 Å². The molecule has 0 bridgehead atoms. The lowest BCUT2D eigenvalue weighted by Gasteiger charge is -2.17. The predicted molar refractivity (Wildman–Crippen MR) is 110 cm³/mol. The van der Waals surface area contributed by atoms with E-state index in [9.17, 15) is 13.2 Å². The molecule has 0 aliphatic carbocycles. The molecule has 1 aliphatic rings. The number of hydrogen-bond donors (Lipinski definition) is 1. The first-order valence-corrected chi connectivity index (χ1v) is 12.1. The monoisotopic (exact) mass is 422 g/mol. The normalized spacial score (nSPS) is 20.6. The maximum Gasteiger partial charge on any atom is 0.233 e. The fraction of sp³-hybridized carbons (Fsp3) is 0.526. The van der Waals surface area contributed by atoms with Crippen molar-refractivity contribution in [2.24, 2.45) is 13.0 Å². The fourth-order valence-corrected chi connectivity index (χ4v) is 5.99. The summed E-state index contributed by atoms with van der Waals surface area (Å²) in [6, 6.07) is 9.75. The molecule has 1 aliphatic heterocycles. The molecule has 1 N–H and O–H groups in total. The topological polar surface area (TPSA) is 93.9 Å². The summed E-state index contributed by atoms with van der Waals surface area (Å²) in [5, 5.41) is 11.8. The van der Waals surface area contributed by atoms with E-state index in [1.165, 1.54) is 11.8 Å². The van der Waals surface area contributed by atoms with Crippen LogP contribution in [0.15, 0.2) is 35.5 Å². The number of nitrogens with one attached hydrogen (secondary N) is 1. The Bertz CT molecular complexity index is 928. The largest absolute Gasteiger partial charge is 0.349 e. The van der Waals surface area contributed by atoms with Crippen LogP contribution in [-0.2, 0) is 28.1 Å². The van der Waals surface area contributed by atoms with Crippen molar-refractivity contribution in [1.29, 1.82) is 0 Å². The number of rotatable bonds is 7. The van der Waals surface area contributed by atoms with Gasteiger partial charge in [-0.25, -0.2) is 8.42 Å². The van der Waals surface area contributed by atoms with Gasteiger partial charge in [-0.1, -0.05) is 42.1 Å². The van der Waals surface area contributed by atoms with Crippen molar-refractivity contribution < 1.29 is 13.2 Å². The molecular weight excluding hydrogens is 396 g/mol. The lowest BCUT2D eigenvalue weighted by molar-refractivity contribution is -0.120. The number of hydrogen-bond acceptors (Lipinski definition) is 6. The van der Waals surface area contributed by atoms with E-state index in [1.807, 2.05) is 55.8 Å². The standard InChI is InChI=1S/C19H26N4O3S2/c1-13(16-7-5-4-6-8-16)20-18(24)14(2)27-19-22-21-17(23(19)3)11-15-9-10-28(25,26)12-15/h4-8,13-15H,9-12H2,1-3H3,(H,20,24). The molecule has 0 radical (unpaired) electrons. The molecule has 3 atom stereocenters. The van der Waals surface area contributed by atoms with Gasteiger partial charge in [0, 0.05) is 13.5 Å². The van der Waals surface area contributed by atoms with E-state index >= 15 is 0 Å². The van der Waals surface area contributed by atoms with Crippen molar-refractivity contribution in [3.05, 3.63) is 41.7 Å². The van der Waals surface area contributed by atoms with Crippen LogP contribution in [0.25, 0.3) is 0 Å². The molecule has 1 fully saturated rings. The van der Waals surface area contributed by atoms with Crippen molar-refractivity contribution in [3.63, 3.8) is 0 Å². The van der Waals surface area contributed by atoms with Gasteiger partial charge >= 0.3 is 0 Å². The van der Waals surface area contributed by atoms with E-state index in [0.717, 1.165) is 11.4 Å². The van der Waals surface area contributed by atoms with Crippen LogP contribution in [0.1, 0.15) is 37.7 Å². The number of amides is 1. The Kier molecular flexibility index (Phi) is 6.44. The molecule has 152 valence electrons. The Morgan fingerprint density at radius 3 is 2.64 bits per heavy atom. The summed E-state index contributed by atoms with van der Waals surface area (Å²) in [6.07, 6.45) is 1.27. The van der Waals surface area contributed by atoms with E-state index in [1.54, 1.807) is 0 Å². The number of carbonyl (C=O) groups is 1. The zero-order valence-corrected chi connectivity index (χ0v) is 18.0. The summed E-state index contributed by atoms with van der Waals surface area (Å²) >= 11 is 1.35. The predicted octanol–water partition coefficient (Wildman–Crippen LogP) is 2.15. The zero-order chi connectivity index (χ0) is 20.3. The molecule has 9 heteroatoms. The third-order valence-electron chi connectivity index (χ3n) is 5.03. The fourth-order valence-electron chi connectivity index (χ4n) is 3.28. The minimum Gasteiger partial charge on any atom is -0.349 e. The smallest absolute Gasteiger partial charge is 0.233 e. The molecular formula is C19H26N4O3S2. The summed E-state index contributed by atoms with van der Waals surface area (Å²) in [5.74, 6) is 1.27. The first kappa shape index (κ1) is 20.9. The summed E-state index contributed by atoms with van der Waals surface area (Å²) < 4.78 is 25.1. The molecule has 0 spiro atoms. The van der Waals surface area contributed by atoms with Gasteiger partial charge in [0.05, 0.1) is 22.8 Å². The highest BCUT2D eigenvalue weighted by Crippen LogP contribution is 2.26. The van der Waals surface area contributed by atoms with Crippen molar-refractivity contribution >= 4 is 27.5 Å². The Balaban J connectivity index is 1.57. The number of carbonyl (C=O) groups excluding carboxylic acids is 1. The number of nitrogens with zero attached hydrogens (tertiary/aromatic N) is 3. The lowest BCUT2D eigenvalue weighted by atomic mass is 10.1. The van der Waals surface area contributed by atoms with Crippen LogP contribution in [0, 0.1) is 5.92 Å². The lowest BCUT2D eigenvalue weighted by Crippen LogP contribution is -2.33. The second-order valence-corrected chi connectivity index (χ2v) is 10.9. The number of sulfone groups is 1. The van der Waals surface area contributed by atoms with Crippen LogP contribution in [-0.4, -0.2) is 45.8 Å². The van der Waals surface area contributed by atoms with Crippen LogP contribution in [0.4, 0.5) is 0 Å². The molecule has 3 rings (SSSR count). The molecule has 1 aromatic carbocycles. The highest BCUT2D eigenvalue weighted by atomic mass is 32.2. The van der Waals surface area contributed by atoms with Crippen molar-refractivity contribution in [3.8, 4) is 0 Å². The molecule has 2 aromatic rings. The summed E-state index contributed by atoms with van der Waals surface area (Å²) in [7, 11) is -1.04. The molecule has 1 saturated heterocycles. The van der Waals surface area contributed by atoms with Gasteiger partial charge in [-0.05, 0) is 31.7 Å². The maximum atomic E-state index is 12.5. The van der Waals surface area contributed by atoms with Crippen LogP contribution in [0.2, 0.25) is 0 Å². The average Bonchev–Trinajstić information content (AvgIpc) is 3.18. The molecule has 3 unspecified atom stereocenters. The SMILES string of the molecule is CC(Sc1nnc(CC2CCS(=O)(=O)C2)n1C)C(=O)NC(C)c1ccccc1. The van der Waals surface area contributed by atoms with Crippen molar-refractivity contribution in [2.45, 2.75) is 43.1 Å². The Morgan fingerprint density at radius 1 is 1.29 bits per heavy atom. The quantitative estimate of drug-likeness (QED) is 0.687. The van der Waals surface area contributed by atoms with E-state index in [4.69, 9.17) is 0 Å². The highest BCUT2D eigenvalue weighted by Gasteiger charge is 2.29. The Labute approximate surface area is 170 Å². The van der Waals surface area contributed by atoms with Crippen LogP contribution < -0.4 is 5.32 Å². The molecule has 28 heavy (non-hydrogen) atoms. The number of benzene rings is 1. The third kappa shape index (κ3) is 5.14. The molecule has 2 heterocycles. The van der Waals surface area contributed by atoms with Crippen LogP contribution >= 0.6 is 11.8 Å². The second kappa shape index (κ2) is 8.65. The third-order valence-corrected chi connectivity index (χ3v) is 8.00. The Morgan fingerprint density at radius 2 is 2.00 bits per heavy atom. The Hall–Kier alpha value is -1.87. The summed E-state index contributed by atoms with van der Waals surface area (Å²) in [4.78, 5) is 12.5. The molecule has 1 amide bonds. The van der Waals surface area contributed by atoms with Gasteiger partial charge in [-0.2, -0.15) is 0 Å². The van der Waals surface area contributed by atoms with Crippen LogP contribution in [0.3, 0.4) is 0 Å². The van der Waals surface area contributed by atoms with E-state index in [2.05, 4.69) is 15.5 Å². The van der Waals surface area contributed by atoms with Gasteiger partial charge in [0.25, 0.3) is 0 Å². The second-order valence-electron chi connectivity index (χ2n) is 7.33. The summed E-state index contributed by atoms with van der Waals surface area (Å²) in [5.41, 5.74) is 1.06. The molecule has 1 aromatic heterocycles. The first-order chi connectivity index (χ1) is 13.2. The number of aromatic nitrogens is 3. The molecule has 0 saturated carbocycles. The van der Waals surface area contributed by atoms with Gasteiger partial charge in [0.2, 0.25) is 5.91 Å². The van der Waals surface area contributed by atoms with E-state index < -0.39 is 9.84 Å². The van der Waals surface area contributed by atoms with Crippen molar-refractivity contribution in [1.82, 2.24) is 20.1 Å². The number of thioether (sulfide) groups is 1. The summed E-state index contributed by atoms with van der Waals surface area (Å²) in [6.45, 7) is 3.80. The van der Waals surface area contributed by atoms with E-state index in [-0.39, 0.29) is 34.6 Å². The average molecular weight is 423 g/mol.